The Morgan fingerprint density at radius 2 is 1.07 bits per heavy atom. The van der Waals surface area contributed by atoms with Crippen LogP contribution >= 0.6 is 23.2 Å². The minimum absolute atomic E-state index is 0.182. The van der Waals surface area contributed by atoms with Gasteiger partial charge in [0.2, 0.25) is 0 Å². The number of hydrogen-bond acceptors (Lipinski definition) is 4. The summed E-state index contributed by atoms with van der Waals surface area (Å²) in [5.74, 6) is 0.333. The van der Waals surface area contributed by atoms with Gasteiger partial charge in [-0.2, -0.15) is 0 Å². The fourth-order valence-electron chi connectivity index (χ4n) is 2.70. The molecule has 0 aromatic heterocycles. The van der Waals surface area contributed by atoms with Crippen LogP contribution in [-0.4, -0.2) is 23.7 Å². The molecular formula is C22H24Cl2O4. The number of esters is 2. The summed E-state index contributed by atoms with van der Waals surface area (Å²) >= 11 is 11.2. The van der Waals surface area contributed by atoms with Crippen molar-refractivity contribution < 1.29 is 19.1 Å². The van der Waals surface area contributed by atoms with E-state index < -0.39 is 0 Å². The van der Waals surface area contributed by atoms with Gasteiger partial charge in [0.25, 0.3) is 0 Å². The molecule has 0 saturated heterocycles. The van der Waals surface area contributed by atoms with E-state index in [1.54, 1.807) is 0 Å². The summed E-state index contributed by atoms with van der Waals surface area (Å²) in [7, 11) is 0. The summed E-state index contributed by atoms with van der Waals surface area (Å²) in [4.78, 5) is 23.6. The van der Waals surface area contributed by atoms with Crippen molar-refractivity contribution >= 4 is 35.1 Å². The molecule has 0 spiro atoms. The Labute approximate surface area is 175 Å². The maximum atomic E-state index is 11.8. The SMILES string of the molecule is O=C(CCCCl)OCc1ccccc1-c1ccccc1COC(=O)CCCCl. The van der Waals surface area contributed by atoms with Crippen LogP contribution in [0.2, 0.25) is 0 Å². The zero-order chi connectivity index (χ0) is 20.2. The van der Waals surface area contributed by atoms with Gasteiger partial charge in [0, 0.05) is 24.6 Å². The Balaban J connectivity index is 2.12. The van der Waals surface area contributed by atoms with E-state index >= 15 is 0 Å². The third-order valence-electron chi connectivity index (χ3n) is 4.13. The average Bonchev–Trinajstić information content (AvgIpc) is 2.73. The summed E-state index contributed by atoms with van der Waals surface area (Å²) in [5, 5.41) is 0. The lowest BCUT2D eigenvalue weighted by molar-refractivity contribution is -0.145. The van der Waals surface area contributed by atoms with E-state index in [-0.39, 0.29) is 25.2 Å². The predicted octanol–water partition coefficient (Wildman–Crippen LogP) is 5.48. The molecular weight excluding hydrogens is 399 g/mol. The van der Waals surface area contributed by atoms with Crippen LogP contribution in [0.15, 0.2) is 48.5 Å². The summed E-state index contributed by atoms with van der Waals surface area (Å²) in [5.41, 5.74) is 3.67. The molecule has 0 unspecified atom stereocenters. The monoisotopic (exact) mass is 422 g/mol. The van der Waals surface area contributed by atoms with Crippen molar-refractivity contribution in [2.24, 2.45) is 0 Å². The number of halogens is 2. The molecule has 0 saturated carbocycles. The third-order valence-corrected chi connectivity index (χ3v) is 4.67. The fourth-order valence-corrected chi connectivity index (χ4v) is 2.97. The topological polar surface area (TPSA) is 52.6 Å². The summed E-state index contributed by atoms with van der Waals surface area (Å²) < 4.78 is 10.8. The standard InChI is InChI=1S/C22H24Cl2O4/c23-13-5-11-21(25)27-15-17-7-1-3-9-19(17)20-10-4-2-8-18(20)16-28-22(26)12-6-14-24/h1-4,7-10H,5-6,11-16H2. The van der Waals surface area contributed by atoms with Crippen LogP contribution in [0.4, 0.5) is 0 Å². The molecule has 0 N–H and O–H groups in total. The van der Waals surface area contributed by atoms with Gasteiger partial charge in [-0.05, 0) is 35.1 Å². The molecule has 0 heterocycles. The highest BCUT2D eigenvalue weighted by Crippen LogP contribution is 2.28. The molecule has 28 heavy (non-hydrogen) atoms. The van der Waals surface area contributed by atoms with Gasteiger partial charge >= 0.3 is 11.9 Å². The molecule has 0 aliphatic rings. The smallest absolute Gasteiger partial charge is 0.306 e. The lowest BCUT2D eigenvalue weighted by atomic mass is 9.96. The fraction of sp³-hybridized carbons (Fsp3) is 0.364. The highest BCUT2D eigenvalue weighted by atomic mass is 35.5. The van der Waals surface area contributed by atoms with Crippen molar-refractivity contribution in [2.45, 2.75) is 38.9 Å². The van der Waals surface area contributed by atoms with E-state index in [4.69, 9.17) is 32.7 Å². The maximum absolute atomic E-state index is 11.8. The van der Waals surface area contributed by atoms with Gasteiger partial charge in [0.1, 0.15) is 13.2 Å². The number of alkyl halides is 2. The van der Waals surface area contributed by atoms with Crippen molar-refractivity contribution in [3.8, 4) is 11.1 Å². The Bertz CT molecular complexity index is 711. The number of benzene rings is 2. The van der Waals surface area contributed by atoms with Crippen LogP contribution in [0, 0.1) is 0 Å². The van der Waals surface area contributed by atoms with E-state index in [0.717, 1.165) is 22.3 Å². The molecule has 0 amide bonds. The molecule has 2 aromatic carbocycles. The summed E-state index contributed by atoms with van der Waals surface area (Å²) in [6, 6.07) is 15.4. The third kappa shape index (κ3) is 7.17. The van der Waals surface area contributed by atoms with Gasteiger partial charge < -0.3 is 9.47 Å². The zero-order valence-corrected chi connectivity index (χ0v) is 17.2. The Hall–Kier alpha value is -2.04. The van der Waals surface area contributed by atoms with Gasteiger partial charge in [-0.25, -0.2) is 0 Å². The number of ether oxygens (including phenoxy) is 2. The molecule has 6 heteroatoms. The summed E-state index contributed by atoms with van der Waals surface area (Å²) in [6.07, 6.45) is 1.81. The highest BCUT2D eigenvalue weighted by Gasteiger charge is 2.12. The number of carbonyl (C=O) groups excluding carboxylic acids is 2. The minimum Gasteiger partial charge on any atom is -0.461 e. The van der Waals surface area contributed by atoms with Gasteiger partial charge in [-0.1, -0.05) is 48.5 Å². The van der Waals surface area contributed by atoms with Crippen LogP contribution in [0.3, 0.4) is 0 Å². The Kier molecular flexibility index (Phi) is 9.87. The molecule has 0 radical (unpaired) electrons. The zero-order valence-electron chi connectivity index (χ0n) is 15.7. The maximum Gasteiger partial charge on any atom is 0.306 e. The van der Waals surface area contributed by atoms with Crippen molar-refractivity contribution in [1.29, 1.82) is 0 Å². The number of hydrogen-bond donors (Lipinski definition) is 0. The quantitative estimate of drug-likeness (QED) is 0.355. The van der Waals surface area contributed by atoms with E-state index in [0.29, 0.717) is 37.4 Å². The highest BCUT2D eigenvalue weighted by molar-refractivity contribution is 6.18. The first-order valence-corrected chi connectivity index (χ1v) is 10.3. The van der Waals surface area contributed by atoms with Crippen molar-refractivity contribution in [3.63, 3.8) is 0 Å². The Morgan fingerprint density at radius 1 is 0.679 bits per heavy atom. The molecule has 2 rings (SSSR count). The van der Waals surface area contributed by atoms with Crippen LogP contribution in [0.25, 0.3) is 11.1 Å². The average molecular weight is 423 g/mol. The molecule has 0 aliphatic heterocycles. The summed E-state index contributed by atoms with van der Waals surface area (Å²) in [6.45, 7) is 0.363. The first-order chi connectivity index (χ1) is 13.7. The second kappa shape index (κ2) is 12.4. The number of carbonyl (C=O) groups is 2. The predicted molar refractivity (Wildman–Crippen MR) is 111 cm³/mol. The van der Waals surface area contributed by atoms with Gasteiger partial charge in [-0.15, -0.1) is 23.2 Å². The van der Waals surface area contributed by atoms with Crippen molar-refractivity contribution in [3.05, 3.63) is 59.7 Å². The minimum atomic E-state index is -0.267. The molecule has 0 atom stereocenters. The van der Waals surface area contributed by atoms with Gasteiger partial charge in [0.15, 0.2) is 0 Å². The number of rotatable bonds is 11. The second-order valence-corrected chi connectivity index (χ2v) is 6.98. The molecule has 0 bridgehead atoms. The molecule has 150 valence electrons. The van der Waals surface area contributed by atoms with E-state index in [2.05, 4.69) is 0 Å². The van der Waals surface area contributed by atoms with E-state index in [9.17, 15) is 9.59 Å². The van der Waals surface area contributed by atoms with Gasteiger partial charge in [-0.3, -0.25) is 9.59 Å². The Morgan fingerprint density at radius 3 is 1.46 bits per heavy atom. The second-order valence-electron chi connectivity index (χ2n) is 6.22. The molecule has 4 nitrogen and oxygen atoms in total. The van der Waals surface area contributed by atoms with E-state index in [1.165, 1.54) is 0 Å². The largest absolute Gasteiger partial charge is 0.461 e. The lowest BCUT2D eigenvalue weighted by Gasteiger charge is -2.14. The lowest BCUT2D eigenvalue weighted by Crippen LogP contribution is -2.07. The molecule has 0 aliphatic carbocycles. The molecule has 2 aromatic rings. The normalized spacial score (nSPS) is 10.5. The van der Waals surface area contributed by atoms with Crippen LogP contribution in [0.1, 0.15) is 36.8 Å². The van der Waals surface area contributed by atoms with Gasteiger partial charge in [0.05, 0.1) is 0 Å². The van der Waals surface area contributed by atoms with Crippen molar-refractivity contribution in [1.82, 2.24) is 0 Å². The van der Waals surface area contributed by atoms with Crippen LogP contribution in [-0.2, 0) is 32.3 Å². The first-order valence-electron chi connectivity index (χ1n) is 9.25. The van der Waals surface area contributed by atoms with Crippen LogP contribution < -0.4 is 0 Å². The van der Waals surface area contributed by atoms with Crippen molar-refractivity contribution in [2.75, 3.05) is 11.8 Å². The first kappa shape index (κ1) is 22.3. The van der Waals surface area contributed by atoms with Crippen LogP contribution in [0.5, 0.6) is 0 Å². The van der Waals surface area contributed by atoms with E-state index in [1.807, 2.05) is 48.5 Å². The molecule has 0 fully saturated rings.